The van der Waals surface area contributed by atoms with Crippen molar-refractivity contribution < 1.29 is 4.79 Å². The molecule has 0 spiro atoms. The van der Waals surface area contributed by atoms with Crippen LogP contribution in [0.4, 0.5) is 17.1 Å². The second-order valence-electron chi connectivity index (χ2n) is 8.78. The lowest BCUT2D eigenvalue weighted by Crippen LogP contribution is -2.33. The second kappa shape index (κ2) is 9.69. The Kier molecular flexibility index (Phi) is 6.76. The van der Waals surface area contributed by atoms with Crippen LogP contribution in [0.25, 0.3) is 0 Å². The average Bonchev–Trinajstić information content (AvgIpc) is 3.20. The second-order valence-corrected chi connectivity index (χ2v) is 9.19. The summed E-state index contributed by atoms with van der Waals surface area (Å²) in [5.74, 6) is 1.03. The summed E-state index contributed by atoms with van der Waals surface area (Å²) in [6, 6.07) is 16.8. The molecule has 2 N–H and O–H groups in total. The van der Waals surface area contributed by atoms with Crippen LogP contribution in [0.15, 0.2) is 48.5 Å². The Balaban J connectivity index is 1.33. The third-order valence-corrected chi connectivity index (χ3v) is 6.60. The van der Waals surface area contributed by atoms with Crippen LogP contribution in [0.5, 0.6) is 0 Å². The number of nitrogens with zero attached hydrogens (tertiary/aromatic N) is 2. The maximum atomic E-state index is 12.0. The molecule has 0 aromatic heterocycles. The van der Waals surface area contributed by atoms with E-state index in [-0.39, 0.29) is 11.9 Å². The van der Waals surface area contributed by atoms with Gasteiger partial charge in [0, 0.05) is 43.1 Å². The number of benzene rings is 2. The molecule has 0 aliphatic carbocycles. The van der Waals surface area contributed by atoms with Gasteiger partial charge in [-0.15, -0.1) is 0 Å². The molecule has 2 aliphatic heterocycles. The molecule has 2 aromatic carbocycles. The number of hydrogen-bond acceptors (Lipinski definition) is 3. The first-order valence-electron chi connectivity index (χ1n) is 11.3. The minimum Gasteiger partial charge on any atom is -0.372 e. The van der Waals surface area contributed by atoms with Crippen LogP contribution in [0, 0.1) is 5.92 Å². The first-order chi connectivity index (χ1) is 15.0. The zero-order chi connectivity index (χ0) is 21.8. The summed E-state index contributed by atoms with van der Waals surface area (Å²) in [6.45, 7) is 7.53. The van der Waals surface area contributed by atoms with Crippen LogP contribution in [-0.2, 0) is 4.79 Å². The van der Waals surface area contributed by atoms with Gasteiger partial charge in [0.2, 0.25) is 5.91 Å². The van der Waals surface area contributed by atoms with Crippen molar-refractivity contribution >= 4 is 40.3 Å². The number of rotatable bonds is 5. The van der Waals surface area contributed by atoms with Gasteiger partial charge in [-0.2, -0.15) is 0 Å². The maximum absolute atomic E-state index is 12.0. The number of hydrogen-bond donors (Lipinski definition) is 2. The van der Waals surface area contributed by atoms with E-state index in [1.165, 1.54) is 24.1 Å². The van der Waals surface area contributed by atoms with Gasteiger partial charge in [-0.1, -0.05) is 25.1 Å². The van der Waals surface area contributed by atoms with Gasteiger partial charge in [-0.25, -0.2) is 0 Å². The molecular formula is C25H32N4OS. The Hall–Kier alpha value is -2.60. The molecule has 31 heavy (non-hydrogen) atoms. The van der Waals surface area contributed by atoms with Crippen molar-refractivity contribution in [2.45, 2.75) is 45.6 Å². The fourth-order valence-electron chi connectivity index (χ4n) is 4.36. The quantitative estimate of drug-likeness (QED) is 0.639. The Morgan fingerprint density at radius 1 is 1.06 bits per heavy atom. The van der Waals surface area contributed by atoms with E-state index in [9.17, 15) is 4.79 Å². The third kappa shape index (κ3) is 5.37. The molecule has 2 saturated heterocycles. The zero-order valence-electron chi connectivity index (χ0n) is 18.4. The highest BCUT2D eigenvalue weighted by Gasteiger charge is 2.22. The molecular weight excluding hydrogens is 404 g/mol. The SMILES string of the molecule is CC1CCN(c2ccc(C(C)NC(=S)Nc3cccc(N4CCCC4=O)c3)cc2)CC1. The van der Waals surface area contributed by atoms with E-state index in [4.69, 9.17) is 12.2 Å². The summed E-state index contributed by atoms with van der Waals surface area (Å²) in [5, 5.41) is 7.21. The Morgan fingerprint density at radius 2 is 1.81 bits per heavy atom. The van der Waals surface area contributed by atoms with E-state index < -0.39 is 0 Å². The number of carbonyl (C=O) groups is 1. The average molecular weight is 437 g/mol. The lowest BCUT2D eigenvalue weighted by molar-refractivity contribution is -0.117. The first kappa shape index (κ1) is 21.6. The number of piperidine rings is 1. The van der Waals surface area contributed by atoms with Crippen molar-refractivity contribution in [3.05, 3.63) is 54.1 Å². The largest absolute Gasteiger partial charge is 0.372 e. The molecule has 6 heteroatoms. The minimum absolute atomic E-state index is 0.0961. The number of thiocarbonyl (C=S) groups is 1. The van der Waals surface area contributed by atoms with Gasteiger partial charge < -0.3 is 20.4 Å². The number of amides is 1. The van der Waals surface area contributed by atoms with Gasteiger partial charge in [0.15, 0.2) is 5.11 Å². The summed E-state index contributed by atoms with van der Waals surface area (Å²) in [7, 11) is 0. The minimum atomic E-state index is 0.0961. The smallest absolute Gasteiger partial charge is 0.227 e. The lowest BCUT2D eigenvalue weighted by atomic mass is 9.98. The molecule has 2 aromatic rings. The third-order valence-electron chi connectivity index (χ3n) is 6.38. The number of carbonyl (C=O) groups excluding carboxylic acids is 1. The predicted octanol–water partition coefficient (Wildman–Crippen LogP) is 5.10. The summed E-state index contributed by atoms with van der Waals surface area (Å²) >= 11 is 5.54. The van der Waals surface area contributed by atoms with Crippen molar-refractivity contribution in [3.8, 4) is 0 Å². The van der Waals surface area contributed by atoms with Crippen LogP contribution in [0.1, 0.15) is 51.1 Å². The van der Waals surface area contributed by atoms with Crippen molar-refractivity contribution in [1.82, 2.24) is 5.32 Å². The number of anilines is 3. The van der Waals surface area contributed by atoms with E-state index in [2.05, 4.69) is 53.6 Å². The predicted molar refractivity (Wildman–Crippen MR) is 133 cm³/mol. The molecule has 0 bridgehead atoms. The van der Waals surface area contributed by atoms with Gasteiger partial charge in [0.1, 0.15) is 0 Å². The maximum Gasteiger partial charge on any atom is 0.227 e. The molecule has 5 nitrogen and oxygen atoms in total. The standard InChI is InChI=1S/C25H32N4OS/c1-18-12-15-28(16-13-18)22-10-8-20(9-11-22)19(2)26-25(31)27-21-5-3-6-23(17-21)29-14-4-7-24(29)30/h3,5-6,8-11,17-19H,4,7,12-16H2,1-2H3,(H2,26,27,31). The van der Waals surface area contributed by atoms with E-state index in [1.807, 2.05) is 29.2 Å². The highest BCUT2D eigenvalue weighted by atomic mass is 32.1. The normalized spacial score (nSPS) is 18.2. The van der Waals surface area contributed by atoms with E-state index in [0.717, 1.165) is 43.3 Å². The fourth-order valence-corrected chi connectivity index (χ4v) is 4.66. The molecule has 0 radical (unpaired) electrons. The molecule has 164 valence electrons. The highest BCUT2D eigenvalue weighted by molar-refractivity contribution is 7.80. The zero-order valence-corrected chi connectivity index (χ0v) is 19.3. The van der Waals surface area contributed by atoms with Crippen molar-refractivity contribution in [2.24, 2.45) is 5.92 Å². The van der Waals surface area contributed by atoms with Gasteiger partial charge in [0.25, 0.3) is 0 Å². The van der Waals surface area contributed by atoms with Crippen LogP contribution in [-0.4, -0.2) is 30.7 Å². The van der Waals surface area contributed by atoms with Gasteiger partial charge in [0.05, 0.1) is 6.04 Å². The van der Waals surface area contributed by atoms with Crippen LogP contribution >= 0.6 is 12.2 Å². The van der Waals surface area contributed by atoms with Crippen molar-refractivity contribution in [1.29, 1.82) is 0 Å². The molecule has 2 fully saturated rings. The first-order valence-corrected chi connectivity index (χ1v) is 11.7. The Labute approximate surface area is 190 Å². The molecule has 1 unspecified atom stereocenters. The van der Waals surface area contributed by atoms with Crippen LogP contribution < -0.4 is 20.4 Å². The van der Waals surface area contributed by atoms with E-state index >= 15 is 0 Å². The topological polar surface area (TPSA) is 47.6 Å². The monoisotopic (exact) mass is 436 g/mol. The van der Waals surface area contributed by atoms with Gasteiger partial charge in [-0.3, -0.25) is 4.79 Å². The molecule has 1 amide bonds. The lowest BCUT2D eigenvalue weighted by Gasteiger charge is -2.32. The van der Waals surface area contributed by atoms with Gasteiger partial charge >= 0.3 is 0 Å². The Bertz CT molecular complexity index is 921. The van der Waals surface area contributed by atoms with Crippen LogP contribution in [0.3, 0.4) is 0 Å². The summed E-state index contributed by atoms with van der Waals surface area (Å²) in [4.78, 5) is 16.3. The molecule has 2 aliphatic rings. The molecule has 1 atom stereocenters. The summed E-state index contributed by atoms with van der Waals surface area (Å²) < 4.78 is 0. The highest BCUT2D eigenvalue weighted by Crippen LogP contribution is 2.26. The van der Waals surface area contributed by atoms with E-state index in [0.29, 0.717) is 11.5 Å². The van der Waals surface area contributed by atoms with Gasteiger partial charge in [-0.05, 0) is 80.2 Å². The summed E-state index contributed by atoms with van der Waals surface area (Å²) in [6.07, 6.45) is 4.09. The fraction of sp³-hybridized carbons (Fsp3) is 0.440. The Morgan fingerprint density at radius 3 is 2.48 bits per heavy atom. The number of nitrogens with one attached hydrogen (secondary N) is 2. The van der Waals surface area contributed by atoms with Crippen LogP contribution in [0.2, 0.25) is 0 Å². The molecule has 0 saturated carbocycles. The molecule has 4 rings (SSSR count). The van der Waals surface area contributed by atoms with Crippen molar-refractivity contribution in [2.75, 3.05) is 34.8 Å². The van der Waals surface area contributed by atoms with E-state index in [1.54, 1.807) is 0 Å². The summed E-state index contributed by atoms with van der Waals surface area (Å²) in [5.41, 5.74) is 4.31. The molecule has 2 heterocycles. The van der Waals surface area contributed by atoms with Crippen molar-refractivity contribution in [3.63, 3.8) is 0 Å².